The SMILES string of the molecule is NCCCOC1CCN(C(=O)C2CC2)CC1. The molecule has 92 valence electrons. The van der Waals surface area contributed by atoms with Crippen molar-refractivity contribution in [1.29, 1.82) is 0 Å². The third kappa shape index (κ3) is 3.19. The second-order valence-corrected chi connectivity index (χ2v) is 4.81. The van der Waals surface area contributed by atoms with Crippen LogP contribution >= 0.6 is 0 Å². The summed E-state index contributed by atoms with van der Waals surface area (Å²) in [6, 6.07) is 0. The average Bonchev–Trinajstić information content (AvgIpc) is 3.13. The molecule has 0 unspecified atom stereocenters. The third-order valence-corrected chi connectivity index (χ3v) is 3.38. The molecule has 1 amide bonds. The standard InChI is InChI=1S/C12H22N2O2/c13-6-1-9-16-11-4-7-14(8-5-11)12(15)10-2-3-10/h10-11H,1-9,13H2. The number of hydrogen-bond donors (Lipinski definition) is 1. The monoisotopic (exact) mass is 226 g/mol. The normalized spacial score (nSPS) is 22.4. The highest BCUT2D eigenvalue weighted by Crippen LogP contribution is 2.32. The molecule has 0 spiro atoms. The molecule has 2 N–H and O–H groups in total. The summed E-state index contributed by atoms with van der Waals surface area (Å²) in [6.07, 6.45) is 5.46. The summed E-state index contributed by atoms with van der Waals surface area (Å²) >= 11 is 0. The van der Waals surface area contributed by atoms with Crippen molar-refractivity contribution < 1.29 is 9.53 Å². The first-order valence-electron chi connectivity index (χ1n) is 6.41. The lowest BCUT2D eigenvalue weighted by molar-refractivity contribution is -0.135. The van der Waals surface area contributed by atoms with E-state index in [2.05, 4.69) is 0 Å². The molecule has 1 saturated heterocycles. The number of carbonyl (C=O) groups excluding carboxylic acids is 1. The van der Waals surface area contributed by atoms with Gasteiger partial charge in [-0.1, -0.05) is 0 Å². The van der Waals surface area contributed by atoms with Crippen LogP contribution in [0, 0.1) is 5.92 Å². The van der Waals surface area contributed by atoms with Crippen molar-refractivity contribution in [2.45, 2.75) is 38.2 Å². The van der Waals surface area contributed by atoms with Crippen molar-refractivity contribution in [1.82, 2.24) is 4.90 Å². The van der Waals surface area contributed by atoms with E-state index in [1.165, 1.54) is 0 Å². The molecule has 0 atom stereocenters. The summed E-state index contributed by atoms with van der Waals surface area (Å²) in [5, 5.41) is 0. The van der Waals surface area contributed by atoms with Gasteiger partial charge < -0.3 is 15.4 Å². The highest BCUT2D eigenvalue weighted by atomic mass is 16.5. The molecule has 1 aliphatic heterocycles. The van der Waals surface area contributed by atoms with Crippen molar-refractivity contribution in [3.05, 3.63) is 0 Å². The molecule has 0 aromatic rings. The van der Waals surface area contributed by atoms with Gasteiger partial charge in [-0.3, -0.25) is 4.79 Å². The lowest BCUT2D eigenvalue weighted by atomic mass is 10.1. The van der Waals surface area contributed by atoms with Crippen molar-refractivity contribution in [2.75, 3.05) is 26.2 Å². The zero-order valence-electron chi connectivity index (χ0n) is 9.86. The maximum absolute atomic E-state index is 11.8. The fourth-order valence-electron chi connectivity index (χ4n) is 2.16. The molecule has 2 rings (SSSR count). The largest absolute Gasteiger partial charge is 0.378 e. The van der Waals surface area contributed by atoms with Gasteiger partial charge >= 0.3 is 0 Å². The Bertz CT molecular complexity index is 233. The van der Waals surface area contributed by atoms with Crippen LogP contribution in [0.4, 0.5) is 0 Å². The first-order valence-corrected chi connectivity index (χ1v) is 6.41. The van der Waals surface area contributed by atoms with Gasteiger partial charge in [0, 0.05) is 25.6 Å². The quantitative estimate of drug-likeness (QED) is 0.704. The number of ether oxygens (including phenoxy) is 1. The molecule has 0 radical (unpaired) electrons. The van der Waals surface area contributed by atoms with E-state index in [0.29, 0.717) is 24.5 Å². The molecule has 2 fully saturated rings. The van der Waals surface area contributed by atoms with Gasteiger partial charge in [0.25, 0.3) is 0 Å². The predicted octanol–water partition coefficient (Wildman–Crippen LogP) is 0.753. The van der Waals surface area contributed by atoms with E-state index in [9.17, 15) is 4.79 Å². The second kappa shape index (κ2) is 5.64. The lowest BCUT2D eigenvalue weighted by Crippen LogP contribution is -2.41. The number of amides is 1. The molecule has 0 bridgehead atoms. The van der Waals surface area contributed by atoms with Crippen LogP contribution in [0.15, 0.2) is 0 Å². The van der Waals surface area contributed by atoms with Gasteiger partial charge in [-0.05, 0) is 38.6 Å². The van der Waals surface area contributed by atoms with E-state index < -0.39 is 0 Å². The van der Waals surface area contributed by atoms with Crippen LogP contribution in [0.1, 0.15) is 32.1 Å². The predicted molar refractivity (Wildman–Crippen MR) is 61.9 cm³/mol. The smallest absolute Gasteiger partial charge is 0.225 e. The Morgan fingerprint density at radius 2 is 1.94 bits per heavy atom. The van der Waals surface area contributed by atoms with Gasteiger partial charge in [0.15, 0.2) is 0 Å². The number of hydrogen-bond acceptors (Lipinski definition) is 3. The molecule has 4 heteroatoms. The van der Waals surface area contributed by atoms with Gasteiger partial charge in [-0.15, -0.1) is 0 Å². The highest BCUT2D eigenvalue weighted by molar-refractivity contribution is 5.81. The molecule has 1 heterocycles. The van der Waals surface area contributed by atoms with E-state index in [-0.39, 0.29) is 0 Å². The van der Waals surface area contributed by atoms with Crippen molar-refractivity contribution in [3.63, 3.8) is 0 Å². The zero-order chi connectivity index (χ0) is 11.4. The van der Waals surface area contributed by atoms with Crippen molar-refractivity contribution in [3.8, 4) is 0 Å². The topological polar surface area (TPSA) is 55.6 Å². The Hall–Kier alpha value is -0.610. The van der Waals surface area contributed by atoms with Gasteiger partial charge in [0.2, 0.25) is 5.91 Å². The van der Waals surface area contributed by atoms with E-state index >= 15 is 0 Å². The summed E-state index contributed by atoms with van der Waals surface area (Å²) in [5.74, 6) is 0.732. The fourth-order valence-corrected chi connectivity index (χ4v) is 2.16. The number of nitrogens with zero attached hydrogens (tertiary/aromatic N) is 1. The minimum absolute atomic E-state index is 0.342. The molecule has 1 aliphatic carbocycles. The van der Waals surface area contributed by atoms with Crippen LogP contribution in [-0.4, -0.2) is 43.2 Å². The Morgan fingerprint density at radius 3 is 2.50 bits per heavy atom. The minimum atomic E-state index is 0.342. The molecule has 1 saturated carbocycles. The maximum atomic E-state index is 11.8. The summed E-state index contributed by atoms with van der Waals surface area (Å²) < 4.78 is 5.71. The molecular formula is C12H22N2O2. The van der Waals surface area contributed by atoms with Crippen LogP contribution in [0.5, 0.6) is 0 Å². The number of piperidine rings is 1. The molecule has 4 nitrogen and oxygen atoms in total. The molecule has 2 aliphatic rings. The Kier molecular flexibility index (Phi) is 4.18. The van der Waals surface area contributed by atoms with Crippen LogP contribution in [0.25, 0.3) is 0 Å². The minimum Gasteiger partial charge on any atom is -0.378 e. The van der Waals surface area contributed by atoms with E-state index in [4.69, 9.17) is 10.5 Å². The molecular weight excluding hydrogens is 204 g/mol. The summed E-state index contributed by atoms with van der Waals surface area (Å²) in [7, 11) is 0. The Labute approximate surface area is 97.1 Å². The van der Waals surface area contributed by atoms with E-state index in [0.717, 1.165) is 51.8 Å². The molecule has 16 heavy (non-hydrogen) atoms. The number of rotatable bonds is 5. The molecule has 0 aromatic heterocycles. The second-order valence-electron chi connectivity index (χ2n) is 4.81. The van der Waals surface area contributed by atoms with Crippen LogP contribution < -0.4 is 5.73 Å². The Morgan fingerprint density at radius 1 is 1.25 bits per heavy atom. The van der Waals surface area contributed by atoms with Crippen LogP contribution in [-0.2, 0) is 9.53 Å². The zero-order valence-corrected chi connectivity index (χ0v) is 9.86. The van der Waals surface area contributed by atoms with E-state index in [1.54, 1.807) is 0 Å². The summed E-state index contributed by atoms with van der Waals surface area (Å²) in [5.41, 5.74) is 5.41. The maximum Gasteiger partial charge on any atom is 0.225 e. The van der Waals surface area contributed by atoms with Gasteiger partial charge in [0.1, 0.15) is 0 Å². The Balaban J connectivity index is 1.63. The third-order valence-electron chi connectivity index (χ3n) is 3.38. The number of nitrogens with two attached hydrogens (primary N) is 1. The lowest BCUT2D eigenvalue weighted by Gasteiger charge is -2.32. The van der Waals surface area contributed by atoms with Crippen LogP contribution in [0.2, 0.25) is 0 Å². The van der Waals surface area contributed by atoms with Crippen molar-refractivity contribution >= 4 is 5.91 Å². The number of carbonyl (C=O) groups is 1. The van der Waals surface area contributed by atoms with Gasteiger partial charge in [0.05, 0.1) is 6.10 Å². The summed E-state index contributed by atoms with van der Waals surface area (Å²) in [4.78, 5) is 13.8. The van der Waals surface area contributed by atoms with Crippen LogP contribution in [0.3, 0.4) is 0 Å². The first kappa shape index (κ1) is 11.9. The first-order chi connectivity index (χ1) is 7.81. The molecule has 0 aromatic carbocycles. The van der Waals surface area contributed by atoms with Crippen molar-refractivity contribution in [2.24, 2.45) is 11.7 Å². The summed E-state index contributed by atoms with van der Waals surface area (Å²) in [6.45, 7) is 3.21. The average molecular weight is 226 g/mol. The van der Waals surface area contributed by atoms with Gasteiger partial charge in [-0.25, -0.2) is 0 Å². The van der Waals surface area contributed by atoms with E-state index in [1.807, 2.05) is 4.90 Å². The van der Waals surface area contributed by atoms with Gasteiger partial charge in [-0.2, -0.15) is 0 Å². The fraction of sp³-hybridized carbons (Fsp3) is 0.917. The number of likely N-dealkylation sites (tertiary alicyclic amines) is 1. The highest BCUT2D eigenvalue weighted by Gasteiger charge is 2.34.